The Morgan fingerprint density at radius 3 is 3.12 bits per heavy atom. The highest BCUT2D eigenvalue weighted by Crippen LogP contribution is 2.22. The standard InChI is InChI=1S/C12H15N3S/c1-2-3-7-16-12-8-11(14-15-12)10-5-4-6-13-9-10/h4-6,8-9H,2-3,7H2,1H3,(H,14,15). The third-order valence-corrected chi connectivity index (χ3v) is 3.28. The van der Waals surface area contributed by atoms with Crippen LogP contribution in [0.3, 0.4) is 0 Å². The van der Waals surface area contributed by atoms with Crippen molar-refractivity contribution in [2.24, 2.45) is 0 Å². The number of aromatic amines is 1. The lowest BCUT2D eigenvalue weighted by molar-refractivity contribution is 0.893. The zero-order valence-corrected chi connectivity index (χ0v) is 10.1. The lowest BCUT2D eigenvalue weighted by Gasteiger charge is -1.94. The topological polar surface area (TPSA) is 41.6 Å². The third-order valence-electron chi connectivity index (χ3n) is 2.27. The molecule has 1 N–H and O–H groups in total. The van der Waals surface area contributed by atoms with Crippen molar-refractivity contribution in [1.82, 2.24) is 15.2 Å². The molecule has 0 spiro atoms. The second-order valence-corrected chi connectivity index (χ2v) is 4.70. The molecule has 3 nitrogen and oxygen atoms in total. The van der Waals surface area contributed by atoms with Crippen LogP contribution < -0.4 is 0 Å². The molecule has 0 unspecified atom stereocenters. The molecule has 2 aromatic rings. The second kappa shape index (κ2) is 5.70. The summed E-state index contributed by atoms with van der Waals surface area (Å²) in [4.78, 5) is 4.09. The maximum Gasteiger partial charge on any atom is 0.0948 e. The van der Waals surface area contributed by atoms with Crippen LogP contribution in [0.1, 0.15) is 19.8 Å². The van der Waals surface area contributed by atoms with E-state index in [1.165, 1.54) is 12.8 Å². The number of H-pyrrole nitrogens is 1. The fourth-order valence-electron chi connectivity index (χ4n) is 1.37. The van der Waals surface area contributed by atoms with Gasteiger partial charge in [-0.1, -0.05) is 13.3 Å². The molecule has 0 bridgehead atoms. The van der Waals surface area contributed by atoms with Crippen molar-refractivity contribution in [2.75, 3.05) is 5.75 Å². The Hall–Kier alpha value is -1.29. The Bertz CT molecular complexity index is 425. The summed E-state index contributed by atoms with van der Waals surface area (Å²) in [6.07, 6.45) is 6.08. The number of nitrogens with zero attached hydrogens (tertiary/aromatic N) is 2. The van der Waals surface area contributed by atoms with Gasteiger partial charge in [0.2, 0.25) is 0 Å². The van der Waals surface area contributed by atoms with Crippen molar-refractivity contribution in [2.45, 2.75) is 24.8 Å². The van der Waals surface area contributed by atoms with Gasteiger partial charge in [-0.3, -0.25) is 10.1 Å². The molecule has 0 amide bonds. The third kappa shape index (κ3) is 2.85. The molecule has 0 aliphatic heterocycles. The molecule has 0 radical (unpaired) electrons. The van der Waals surface area contributed by atoms with Crippen LogP contribution >= 0.6 is 11.8 Å². The first-order valence-electron chi connectivity index (χ1n) is 5.48. The number of hydrogen-bond donors (Lipinski definition) is 1. The summed E-state index contributed by atoms with van der Waals surface area (Å²) in [6, 6.07) is 6.02. The molecular formula is C12H15N3S. The minimum atomic E-state index is 0.965. The number of pyridine rings is 1. The fraction of sp³-hybridized carbons (Fsp3) is 0.333. The van der Waals surface area contributed by atoms with Gasteiger partial charge in [-0.25, -0.2) is 0 Å². The highest BCUT2D eigenvalue weighted by molar-refractivity contribution is 7.99. The number of rotatable bonds is 5. The van der Waals surface area contributed by atoms with Gasteiger partial charge in [-0.15, -0.1) is 11.8 Å². The molecule has 16 heavy (non-hydrogen) atoms. The van der Waals surface area contributed by atoms with Crippen LogP contribution in [0, 0.1) is 0 Å². The maximum absolute atomic E-state index is 4.28. The van der Waals surface area contributed by atoms with Crippen LogP contribution in [0.2, 0.25) is 0 Å². The average Bonchev–Trinajstić information content (AvgIpc) is 2.79. The van der Waals surface area contributed by atoms with Crippen molar-refractivity contribution in [3.05, 3.63) is 30.6 Å². The molecule has 2 heterocycles. The first-order valence-corrected chi connectivity index (χ1v) is 6.47. The van der Waals surface area contributed by atoms with E-state index in [4.69, 9.17) is 0 Å². The van der Waals surface area contributed by atoms with Gasteiger partial charge in [0.25, 0.3) is 0 Å². The van der Waals surface area contributed by atoms with Gasteiger partial charge in [-0.05, 0) is 30.4 Å². The summed E-state index contributed by atoms with van der Waals surface area (Å²) in [5.74, 6) is 1.14. The lowest BCUT2D eigenvalue weighted by Crippen LogP contribution is -1.78. The second-order valence-electron chi connectivity index (χ2n) is 3.56. The molecule has 0 fully saturated rings. The van der Waals surface area contributed by atoms with Gasteiger partial charge >= 0.3 is 0 Å². The summed E-state index contributed by atoms with van der Waals surface area (Å²) in [6.45, 7) is 2.20. The van der Waals surface area contributed by atoms with E-state index in [2.05, 4.69) is 28.2 Å². The van der Waals surface area contributed by atoms with Crippen LogP contribution in [-0.2, 0) is 0 Å². The van der Waals surface area contributed by atoms with Gasteiger partial charge in [-0.2, -0.15) is 5.10 Å². The van der Waals surface area contributed by atoms with Crippen molar-refractivity contribution in [1.29, 1.82) is 0 Å². The Kier molecular flexibility index (Phi) is 3.99. The molecule has 0 saturated heterocycles. The number of nitrogens with one attached hydrogen (secondary N) is 1. The fourth-order valence-corrected chi connectivity index (χ4v) is 2.32. The van der Waals surface area contributed by atoms with Gasteiger partial charge < -0.3 is 0 Å². The maximum atomic E-state index is 4.28. The molecule has 4 heteroatoms. The van der Waals surface area contributed by atoms with Crippen LogP contribution in [0.4, 0.5) is 0 Å². The molecule has 2 aromatic heterocycles. The summed E-state index contributed by atoms with van der Waals surface area (Å²) in [5, 5.41) is 8.46. The first kappa shape index (κ1) is 11.2. The van der Waals surface area contributed by atoms with E-state index in [0.29, 0.717) is 0 Å². The number of aromatic nitrogens is 3. The van der Waals surface area contributed by atoms with E-state index in [9.17, 15) is 0 Å². The number of unbranched alkanes of at least 4 members (excludes halogenated alkanes) is 1. The average molecular weight is 233 g/mol. The predicted octanol–water partition coefficient (Wildman–Crippen LogP) is 3.36. The van der Waals surface area contributed by atoms with E-state index in [-0.39, 0.29) is 0 Å². The molecule has 2 rings (SSSR count). The molecule has 0 aromatic carbocycles. The summed E-state index contributed by atoms with van der Waals surface area (Å²) >= 11 is 1.82. The molecule has 0 atom stereocenters. The predicted molar refractivity (Wildman–Crippen MR) is 67.5 cm³/mol. The Labute approximate surface area is 99.7 Å². The van der Waals surface area contributed by atoms with E-state index in [1.807, 2.05) is 30.1 Å². The van der Waals surface area contributed by atoms with Crippen LogP contribution in [0.5, 0.6) is 0 Å². The minimum Gasteiger partial charge on any atom is -0.271 e. The quantitative estimate of drug-likeness (QED) is 0.636. The first-order chi connectivity index (χ1) is 7.90. The van der Waals surface area contributed by atoms with E-state index in [1.54, 1.807) is 6.20 Å². The van der Waals surface area contributed by atoms with Crippen LogP contribution in [0.25, 0.3) is 11.3 Å². The largest absolute Gasteiger partial charge is 0.271 e. The zero-order chi connectivity index (χ0) is 11.2. The lowest BCUT2D eigenvalue weighted by atomic mass is 10.2. The summed E-state index contributed by atoms with van der Waals surface area (Å²) < 4.78 is 0. The molecular weight excluding hydrogens is 218 g/mol. The molecule has 84 valence electrons. The summed E-state index contributed by atoms with van der Waals surface area (Å²) in [5.41, 5.74) is 2.02. The van der Waals surface area contributed by atoms with E-state index >= 15 is 0 Å². The smallest absolute Gasteiger partial charge is 0.0948 e. The van der Waals surface area contributed by atoms with E-state index < -0.39 is 0 Å². The van der Waals surface area contributed by atoms with Crippen molar-refractivity contribution < 1.29 is 0 Å². The van der Waals surface area contributed by atoms with Crippen LogP contribution in [-0.4, -0.2) is 20.9 Å². The highest BCUT2D eigenvalue weighted by Gasteiger charge is 2.03. The Morgan fingerprint density at radius 1 is 1.44 bits per heavy atom. The highest BCUT2D eigenvalue weighted by atomic mass is 32.2. The number of hydrogen-bond acceptors (Lipinski definition) is 3. The van der Waals surface area contributed by atoms with Gasteiger partial charge in [0.1, 0.15) is 0 Å². The molecule has 0 aliphatic carbocycles. The zero-order valence-electron chi connectivity index (χ0n) is 9.31. The van der Waals surface area contributed by atoms with Crippen LogP contribution in [0.15, 0.2) is 35.6 Å². The normalized spacial score (nSPS) is 10.6. The molecule has 0 aliphatic rings. The Balaban J connectivity index is 2.02. The SMILES string of the molecule is CCCCSc1cc(-c2cccnc2)n[nH]1. The van der Waals surface area contributed by atoms with Gasteiger partial charge in [0, 0.05) is 18.0 Å². The minimum absolute atomic E-state index is 0.965. The number of thioether (sulfide) groups is 1. The van der Waals surface area contributed by atoms with Gasteiger partial charge in [0.15, 0.2) is 0 Å². The Morgan fingerprint density at radius 2 is 2.38 bits per heavy atom. The van der Waals surface area contributed by atoms with E-state index in [0.717, 1.165) is 22.0 Å². The van der Waals surface area contributed by atoms with Crippen molar-refractivity contribution >= 4 is 11.8 Å². The molecule has 0 saturated carbocycles. The summed E-state index contributed by atoms with van der Waals surface area (Å²) in [7, 11) is 0. The van der Waals surface area contributed by atoms with Gasteiger partial charge in [0.05, 0.1) is 10.7 Å². The van der Waals surface area contributed by atoms with Crippen molar-refractivity contribution in [3.8, 4) is 11.3 Å². The van der Waals surface area contributed by atoms with Crippen molar-refractivity contribution in [3.63, 3.8) is 0 Å². The monoisotopic (exact) mass is 233 g/mol.